The Morgan fingerprint density at radius 1 is 0.740 bits per heavy atom. The van der Waals surface area contributed by atoms with Crippen molar-refractivity contribution >= 4 is 104 Å². The topological polar surface area (TPSA) is 23.5 Å². The molecule has 0 aromatic heterocycles. The summed E-state index contributed by atoms with van der Waals surface area (Å²) in [7, 11) is 0. The van der Waals surface area contributed by atoms with Crippen LogP contribution in [0.15, 0.2) is 42.0 Å². The number of phenols is 1. The van der Waals surface area contributed by atoms with Crippen molar-refractivity contribution in [3.8, 4) is 5.75 Å². The average Bonchev–Trinajstić information content (AvgIpc) is 3.96. The standard InChI is InChI=1S/C48H27NO/c1-15-48-13-22-11-20-9-17-6-16-7-19-8-18-10-21-12-25(26(48)14-49(15)23-2-4-24(50)5-3-23)34-39-30(21)29(18)36-31(19)35-27(16)28(17)37-32(20)38-33(22)47(48)46(34)45-43(38)41(37)40(35)42(36)44(39)45/h2-5,7-9,11,15-16,26-28,50H,6,10,12-14H2,1H3. The van der Waals surface area contributed by atoms with Gasteiger partial charge in [0.1, 0.15) is 5.75 Å². The van der Waals surface area contributed by atoms with Crippen LogP contribution < -0.4 is 20.6 Å². The van der Waals surface area contributed by atoms with Gasteiger partial charge in [-0.3, -0.25) is 0 Å². The lowest BCUT2D eigenvalue weighted by Crippen LogP contribution is -2.46. The van der Waals surface area contributed by atoms with Gasteiger partial charge >= 0.3 is 0 Å². The number of rotatable bonds is 1. The third-order valence-corrected chi connectivity index (χ3v) is 17.3. The molecule has 0 radical (unpaired) electrons. The molecular weight excluding hydrogens is 607 g/mol. The summed E-state index contributed by atoms with van der Waals surface area (Å²) in [5.41, 5.74) is 16.6. The highest BCUT2D eigenvalue weighted by atomic mass is 16.3. The molecule has 1 saturated heterocycles. The smallest absolute Gasteiger partial charge is 0.115 e. The minimum Gasteiger partial charge on any atom is -0.508 e. The van der Waals surface area contributed by atoms with Crippen molar-refractivity contribution in [1.29, 1.82) is 0 Å². The first-order valence-corrected chi connectivity index (χ1v) is 19.2. The van der Waals surface area contributed by atoms with Gasteiger partial charge in [0.2, 0.25) is 0 Å². The Morgan fingerprint density at radius 3 is 2.44 bits per heavy atom. The van der Waals surface area contributed by atoms with Crippen LogP contribution in [0.4, 0.5) is 5.69 Å². The number of benzene rings is 6. The van der Waals surface area contributed by atoms with E-state index in [4.69, 9.17) is 0 Å². The molecule has 2 fully saturated rings. The largest absolute Gasteiger partial charge is 0.508 e. The van der Waals surface area contributed by atoms with Crippen LogP contribution in [-0.2, 0) is 18.3 Å². The molecule has 18 rings (SSSR count). The van der Waals surface area contributed by atoms with Gasteiger partial charge in [0, 0.05) is 41.4 Å². The molecule has 2 heteroatoms. The van der Waals surface area contributed by atoms with Crippen molar-refractivity contribution in [2.75, 3.05) is 11.4 Å². The summed E-state index contributed by atoms with van der Waals surface area (Å²) in [6, 6.07) is 13.9. The molecule has 8 aliphatic carbocycles. The Bertz CT molecular complexity index is 3620. The Balaban J connectivity index is 1.19. The zero-order valence-corrected chi connectivity index (χ0v) is 27.4. The molecule has 6 unspecified atom stereocenters. The second kappa shape index (κ2) is 6.02. The number of hydrogen-bond acceptors (Lipinski definition) is 2. The first-order valence-electron chi connectivity index (χ1n) is 19.2. The number of nitrogens with zero attached hydrogens (tertiary/aromatic N) is 1. The van der Waals surface area contributed by atoms with E-state index in [-0.39, 0.29) is 5.41 Å². The van der Waals surface area contributed by atoms with E-state index in [1.165, 1.54) is 17.7 Å². The van der Waals surface area contributed by atoms with Gasteiger partial charge in [0.05, 0.1) is 0 Å². The quantitative estimate of drug-likeness (QED) is 0.186. The predicted molar refractivity (Wildman–Crippen MR) is 203 cm³/mol. The molecule has 6 atom stereocenters. The molecule has 50 heavy (non-hydrogen) atoms. The third-order valence-electron chi connectivity index (χ3n) is 17.3. The van der Waals surface area contributed by atoms with Crippen LogP contribution in [0, 0.1) is 11.8 Å². The Morgan fingerprint density at radius 2 is 1.54 bits per heavy atom. The third kappa shape index (κ3) is 1.68. The fourth-order valence-corrected chi connectivity index (χ4v) is 16.3. The van der Waals surface area contributed by atoms with Crippen LogP contribution in [0.25, 0.3) is 98.7 Å². The second-order valence-electron chi connectivity index (χ2n) is 18.3. The molecule has 1 heterocycles. The molecular formula is C48H27NO. The average molecular weight is 634 g/mol. The van der Waals surface area contributed by atoms with E-state index < -0.39 is 0 Å². The zero-order chi connectivity index (χ0) is 31.3. The first kappa shape index (κ1) is 22.6. The molecule has 2 nitrogen and oxygen atoms in total. The van der Waals surface area contributed by atoms with E-state index in [0.29, 0.717) is 35.5 Å². The number of aromatic hydroxyl groups is 1. The van der Waals surface area contributed by atoms with Gasteiger partial charge in [0.15, 0.2) is 0 Å². The lowest BCUT2D eigenvalue weighted by Gasteiger charge is -2.41. The van der Waals surface area contributed by atoms with E-state index in [0.717, 1.165) is 25.8 Å². The van der Waals surface area contributed by atoms with Crippen molar-refractivity contribution in [1.82, 2.24) is 0 Å². The van der Waals surface area contributed by atoms with Crippen LogP contribution >= 0.6 is 0 Å². The lowest BCUT2D eigenvalue weighted by molar-refractivity contribution is 0.358. The van der Waals surface area contributed by atoms with E-state index in [1.54, 1.807) is 136 Å². The number of hydrogen-bond donors (Lipinski definition) is 1. The van der Waals surface area contributed by atoms with Crippen LogP contribution in [0.3, 0.4) is 0 Å². The SMILES string of the molecule is CC1N(c2ccc(O)cc2)CC2C3=c4c5c6c7c(cc8c9c%10c%11c%12c%13c%14c(cc%15c%16c(c4c(c5c%11c79)c%12c%14%16)=C(C3)C%15)=CC3CC(=C8)C%10C%133)CC621. The summed E-state index contributed by atoms with van der Waals surface area (Å²) >= 11 is 0. The normalized spacial score (nSPS) is 30.6. The molecule has 0 bridgehead atoms. The van der Waals surface area contributed by atoms with Gasteiger partial charge in [-0.15, -0.1) is 0 Å². The summed E-state index contributed by atoms with van der Waals surface area (Å²) in [5, 5.41) is 38.6. The van der Waals surface area contributed by atoms with Crippen molar-refractivity contribution in [3.05, 3.63) is 91.0 Å². The maximum atomic E-state index is 10.3. The van der Waals surface area contributed by atoms with Crippen LogP contribution in [0.1, 0.15) is 65.0 Å². The van der Waals surface area contributed by atoms with E-state index in [1.807, 2.05) is 12.1 Å². The maximum Gasteiger partial charge on any atom is 0.115 e. The monoisotopic (exact) mass is 633 g/mol. The van der Waals surface area contributed by atoms with Crippen LogP contribution in [0.2, 0.25) is 0 Å². The molecule has 1 saturated carbocycles. The minimum atomic E-state index is 0.0491. The fraction of sp³-hybridized carbons (Fsp3) is 0.250. The highest BCUT2D eigenvalue weighted by Gasteiger charge is 2.62. The van der Waals surface area contributed by atoms with Gasteiger partial charge < -0.3 is 10.0 Å². The summed E-state index contributed by atoms with van der Waals surface area (Å²) in [6.07, 6.45) is 10.1. The van der Waals surface area contributed by atoms with Crippen molar-refractivity contribution in [3.63, 3.8) is 0 Å². The van der Waals surface area contributed by atoms with Crippen molar-refractivity contribution in [2.45, 2.75) is 55.9 Å². The number of anilines is 1. The van der Waals surface area contributed by atoms with Crippen LogP contribution in [0.5, 0.6) is 5.75 Å². The van der Waals surface area contributed by atoms with E-state index in [2.05, 4.69) is 48.2 Å². The van der Waals surface area contributed by atoms with Crippen molar-refractivity contribution < 1.29 is 5.11 Å². The summed E-state index contributed by atoms with van der Waals surface area (Å²) in [5.74, 6) is 2.60. The van der Waals surface area contributed by atoms with E-state index in [9.17, 15) is 5.11 Å². The molecule has 0 amide bonds. The maximum absolute atomic E-state index is 10.3. The summed E-state index contributed by atoms with van der Waals surface area (Å²) in [6.45, 7) is 3.61. The van der Waals surface area contributed by atoms with Crippen LogP contribution in [-0.4, -0.2) is 17.7 Å². The van der Waals surface area contributed by atoms with Gasteiger partial charge in [-0.1, -0.05) is 41.0 Å². The Kier molecular flexibility index (Phi) is 2.72. The molecule has 9 aromatic rings. The minimum absolute atomic E-state index is 0.0491. The second-order valence-corrected chi connectivity index (χ2v) is 18.3. The van der Waals surface area contributed by atoms with E-state index >= 15 is 0 Å². The molecule has 1 aliphatic heterocycles. The highest BCUT2D eigenvalue weighted by molar-refractivity contribution is 6.52. The number of allylic oxidation sites excluding steroid dienone is 1. The summed E-state index contributed by atoms with van der Waals surface area (Å²) in [4.78, 5) is 2.74. The van der Waals surface area contributed by atoms with Gasteiger partial charge in [-0.2, -0.15) is 0 Å². The lowest BCUT2D eigenvalue weighted by atomic mass is 9.61. The van der Waals surface area contributed by atoms with Gasteiger partial charge in [-0.25, -0.2) is 0 Å². The van der Waals surface area contributed by atoms with Gasteiger partial charge in [-0.05, 0) is 187 Å². The Labute approximate surface area is 284 Å². The molecule has 1 spiro atoms. The molecule has 9 aromatic carbocycles. The predicted octanol–water partition coefficient (Wildman–Crippen LogP) is 7.92. The van der Waals surface area contributed by atoms with Gasteiger partial charge in [0.25, 0.3) is 0 Å². The molecule has 9 aliphatic rings. The highest BCUT2D eigenvalue weighted by Crippen LogP contribution is 2.72. The number of fused-ring (bicyclic) bond motifs is 1. The zero-order valence-electron chi connectivity index (χ0n) is 27.4. The molecule has 230 valence electrons. The number of phenolic OH excluding ortho intramolecular Hbond substituents is 1. The fourth-order valence-electron chi connectivity index (χ4n) is 16.3. The molecule has 1 N–H and O–H groups in total. The summed E-state index contributed by atoms with van der Waals surface area (Å²) < 4.78 is 0. The van der Waals surface area contributed by atoms with Crippen molar-refractivity contribution in [2.24, 2.45) is 11.8 Å². The first-order chi connectivity index (χ1) is 24.6. The Hall–Kier alpha value is -5.08.